The van der Waals surface area contributed by atoms with Crippen molar-refractivity contribution in [2.24, 2.45) is 0 Å². The van der Waals surface area contributed by atoms with Crippen LogP contribution in [0.5, 0.6) is 0 Å². The molecule has 0 fully saturated rings. The molecule has 0 atom stereocenters. The average Bonchev–Trinajstić information content (AvgIpc) is 2.97. The quantitative estimate of drug-likeness (QED) is 0.110. The van der Waals surface area contributed by atoms with Gasteiger partial charge in [-0.05, 0) is 77.0 Å². The normalized spacial score (nSPS) is 11.2. The molecule has 0 saturated heterocycles. The fourth-order valence-electron chi connectivity index (χ4n) is 4.86. The van der Waals surface area contributed by atoms with Crippen LogP contribution in [0.3, 0.4) is 0 Å². The minimum atomic E-state index is -4.95. The molecule has 0 aliphatic rings. The first-order valence-corrected chi connectivity index (χ1v) is 13.8. The zero-order valence-corrected chi connectivity index (χ0v) is 23.2. The summed E-state index contributed by atoms with van der Waals surface area (Å²) in [4.78, 5) is 4.65. The zero-order valence-electron chi connectivity index (χ0n) is 23.2. The molecule has 0 bridgehead atoms. The topological polar surface area (TPSA) is 12.9 Å². The minimum absolute atomic E-state index is 0.147. The van der Waals surface area contributed by atoms with Gasteiger partial charge in [0.25, 0.3) is 0 Å². The predicted octanol–water partition coefficient (Wildman–Crippen LogP) is 9.91. The summed E-state index contributed by atoms with van der Waals surface area (Å²) in [5, 5.41) is 1.09. The first kappa shape index (κ1) is 29.7. The van der Waals surface area contributed by atoms with Crippen molar-refractivity contribution in [3.63, 3.8) is 0 Å². The second-order valence-corrected chi connectivity index (χ2v) is 10.2. The summed E-state index contributed by atoms with van der Waals surface area (Å²) in [5.74, 6) is 4.06. The third-order valence-corrected chi connectivity index (χ3v) is 7.04. The van der Waals surface area contributed by atoms with E-state index in [4.69, 9.17) is 0 Å². The lowest BCUT2D eigenvalue weighted by atomic mass is 10.0. The highest BCUT2D eigenvalue weighted by Crippen LogP contribution is 2.28. The summed E-state index contributed by atoms with van der Waals surface area (Å²) in [6.45, 7) is 2.20. The van der Waals surface area contributed by atoms with Crippen LogP contribution < -0.4 is 0 Å². The van der Waals surface area contributed by atoms with E-state index in [2.05, 4.69) is 29.8 Å². The maximum absolute atomic E-state index is 14.8. The molecule has 43 heavy (non-hydrogen) atoms. The second-order valence-electron chi connectivity index (χ2n) is 10.2. The lowest BCUT2D eigenvalue weighted by Gasteiger charge is -2.06. The highest BCUT2D eigenvalue weighted by Gasteiger charge is 2.24. The number of pyridine rings is 1. The van der Waals surface area contributed by atoms with Crippen LogP contribution in [-0.2, 0) is 6.42 Å². The number of fused-ring (bicyclic) bond motifs is 2. The molecular weight excluding hydrogens is 560 g/mol. The van der Waals surface area contributed by atoms with Crippen molar-refractivity contribution < 1.29 is 26.3 Å². The van der Waals surface area contributed by atoms with Crippen LogP contribution in [0.4, 0.5) is 26.3 Å². The van der Waals surface area contributed by atoms with Gasteiger partial charge in [-0.2, -0.15) is 13.2 Å². The van der Waals surface area contributed by atoms with E-state index in [1.54, 1.807) is 0 Å². The highest BCUT2D eigenvalue weighted by atomic mass is 19.4. The van der Waals surface area contributed by atoms with Crippen molar-refractivity contribution in [3.8, 4) is 34.9 Å². The number of aryl methyl sites for hydroxylation is 1. The van der Waals surface area contributed by atoms with Gasteiger partial charge in [0.15, 0.2) is 5.82 Å². The van der Waals surface area contributed by atoms with E-state index in [1.807, 2.05) is 48.7 Å². The number of halogens is 6. The molecule has 1 aromatic heterocycles. The van der Waals surface area contributed by atoms with Crippen LogP contribution in [0, 0.1) is 41.1 Å². The van der Waals surface area contributed by atoms with Gasteiger partial charge in [0.2, 0.25) is 0 Å². The Hall–Kier alpha value is -4.75. The maximum atomic E-state index is 14.8. The van der Waals surface area contributed by atoms with Crippen molar-refractivity contribution >= 4 is 21.5 Å². The van der Waals surface area contributed by atoms with Crippen molar-refractivity contribution in [3.05, 3.63) is 113 Å². The van der Waals surface area contributed by atoms with Crippen LogP contribution in [0.1, 0.15) is 54.9 Å². The third kappa shape index (κ3) is 7.19. The van der Waals surface area contributed by atoms with Gasteiger partial charge in [0, 0.05) is 28.8 Å². The second kappa shape index (κ2) is 12.6. The van der Waals surface area contributed by atoms with Crippen LogP contribution >= 0.6 is 0 Å². The number of hydrogen-bond donors (Lipinski definition) is 0. The van der Waals surface area contributed by atoms with E-state index >= 15 is 0 Å². The monoisotopic (exact) mass is 585 g/mol. The number of unbranched alkanes of at least 4 members (excludes halogenated alkanes) is 3. The minimum Gasteiger partial charge on any atom is -0.256 e. The van der Waals surface area contributed by atoms with E-state index in [9.17, 15) is 26.3 Å². The van der Waals surface area contributed by atoms with Crippen LogP contribution in [-0.4, -0.2) is 11.2 Å². The largest absolute Gasteiger partial charge is 0.458 e. The molecule has 0 spiro atoms. The summed E-state index contributed by atoms with van der Waals surface area (Å²) in [7, 11) is 0. The van der Waals surface area contributed by atoms with E-state index in [0.717, 1.165) is 52.9 Å². The van der Waals surface area contributed by atoms with E-state index in [1.165, 1.54) is 36.8 Å². The first-order valence-electron chi connectivity index (χ1n) is 13.8. The zero-order chi connectivity index (χ0) is 30.6. The summed E-state index contributed by atoms with van der Waals surface area (Å²) >= 11 is 0. The first-order chi connectivity index (χ1) is 20.6. The Labute approximate surface area is 245 Å². The molecule has 5 rings (SSSR count). The molecule has 0 radical (unpaired) electrons. The summed E-state index contributed by atoms with van der Waals surface area (Å²) in [6, 6.07) is 18.7. The van der Waals surface area contributed by atoms with E-state index in [-0.39, 0.29) is 10.9 Å². The molecule has 216 valence electrons. The number of hydrogen-bond acceptors (Lipinski definition) is 1. The number of nitrogens with zero attached hydrogens (tertiary/aromatic N) is 1. The van der Waals surface area contributed by atoms with Crippen LogP contribution in [0.15, 0.2) is 72.9 Å². The molecule has 7 heteroatoms. The maximum Gasteiger partial charge on any atom is 0.458 e. The van der Waals surface area contributed by atoms with Gasteiger partial charge in [-0.1, -0.05) is 68.2 Å². The summed E-state index contributed by atoms with van der Waals surface area (Å²) in [6.07, 6.45) is 2.85. The van der Waals surface area contributed by atoms with Gasteiger partial charge in [0.05, 0.1) is 16.6 Å². The lowest BCUT2D eigenvalue weighted by molar-refractivity contribution is -0.0696. The van der Waals surface area contributed by atoms with Crippen molar-refractivity contribution in [2.45, 2.75) is 45.2 Å². The molecule has 0 amide bonds. The van der Waals surface area contributed by atoms with E-state index in [0.29, 0.717) is 5.56 Å². The molecule has 0 aliphatic heterocycles. The average molecular weight is 586 g/mol. The SMILES string of the molecule is CCCCCCc1ccc(-c2ccc3cc(C#Cc4cc(F)c5c(F)c(C#CC(F)(F)F)c(F)cc5c4)ccc3c2)nc1. The third-order valence-electron chi connectivity index (χ3n) is 7.04. The van der Waals surface area contributed by atoms with Gasteiger partial charge in [-0.3, -0.25) is 4.98 Å². The Morgan fingerprint density at radius 3 is 2.19 bits per heavy atom. The number of aromatic nitrogens is 1. The molecule has 0 saturated carbocycles. The molecule has 5 aromatic rings. The summed E-state index contributed by atoms with van der Waals surface area (Å²) in [5.41, 5.74) is 2.74. The lowest BCUT2D eigenvalue weighted by Crippen LogP contribution is -2.03. The molecule has 4 aromatic carbocycles. The van der Waals surface area contributed by atoms with E-state index < -0.39 is 34.6 Å². The Morgan fingerprint density at radius 2 is 1.44 bits per heavy atom. The fraction of sp³-hybridized carbons (Fsp3) is 0.194. The fourth-order valence-corrected chi connectivity index (χ4v) is 4.86. The summed E-state index contributed by atoms with van der Waals surface area (Å²) < 4.78 is 81.1. The predicted molar refractivity (Wildman–Crippen MR) is 158 cm³/mol. The number of rotatable bonds is 6. The van der Waals surface area contributed by atoms with Crippen molar-refractivity contribution in [1.82, 2.24) is 4.98 Å². The molecule has 1 nitrogen and oxygen atoms in total. The van der Waals surface area contributed by atoms with Crippen LogP contribution in [0.2, 0.25) is 0 Å². The molecule has 1 heterocycles. The van der Waals surface area contributed by atoms with Crippen LogP contribution in [0.25, 0.3) is 32.8 Å². The van der Waals surface area contributed by atoms with Gasteiger partial charge < -0.3 is 0 Å². The van der Waals surface area contributed by atoms with Crippen molar-refractivity contribution in [2.75, 3.05) is 0 Å². The molecule has 0 aliphatic carbocycles. The molecular formula is C36H25F6N. The van der Waals surface area contributed by atoms with Gasteiger partial charge in [0.1, 0.15) is 11.6 Å². The highest BCUT2D eigenvalue weighted by molar-refractivity contribution is 5.89. The van der Waals surface area contributed by atoms with Crippen molar-refractivity contribution in [1.29, 1.82) is 0 Å². The smallest absolute Gasteiger partial charge is 0.256 e. The number of alkyl halides is 3. The molecule has 0 unspecified atom stereocenters. The Balaban J connectivity index is 1.37. The Kier molecular flexibility index (Phi) is 8.73. The van der Waals surface area contributed by atoms with Gasteiger partial charge in [-0.15, -0.1) is 0 Å². The Morgan fingerprint density at radius 1 is 0.698 bits per heavy atom. The van der Waals surface area contributed by atoms with Gasteiger partial charge >= 0.3 is 6.18 Å². The van der Waals surface area contributed by atoms with Gasteiger partial charge in [-0.25, -0.2) is 13.2 Å². The standard InChI is InChI=1S/C36H25F6N/c1-2-3-4-5-6-24-10-14-33(43-22-24)28-13-12-26-17-23(9-11-27(26)20-28)7-8-25-18-29-21-31(37)30(15-16-36(40,41)42)35(39)34(29)32(38)19-25/h9-14,17-22H,2-6H2,1H3. The number of benzene rings is 4. The molecule has 0 N–H and O–H groups in total. The Bertz CT molecular complexity index is 1930.